The lowest BCUT2D eigenvalue weighted by Gasteiger charge is -2.36. The minimum atomic E-state index is -0.502. The molecule has 0 bridgehead atoms. The van der Waals surface area contributed by atoms with E-state index in [4.69, 9.17) is 4.42 Å². The molecule has 1 aliphatic rings. The maximum Gasteiger partial charge on any atom is 0.373 e. The second-order valence-electron chi connectivity index (χ2n) is 6.16. The molecule has 2 heterocycles. The number of likely N-dealkylation sites (N-methyl/N-ethyl adjacent to an activating group) is 1. The number of methoxy groups -OCH3 is 1. The number of carbonyl (C=O) groups is 2. The Kier molecular flexibility index (Phi) is 5.19. The Labute approximate surface area is 147 Å². The summed E-state index contributed by atoms with van der Waals surface area (Å²) in [5, 5.41) is 0. The second-order valence-corrected chi connectivity index (χ2v) is 6.16. The highest BCUT2D eigenvalue weighted by atomic mass is 16.5. The van der Waals surface area contributed by atoms with Gasteiger partial charge in [-0.1, -0.05) is 18.2 Å². The number of furan rings is 1. The minimum absolute atomic E-state index is 0.0969. The molecule has 2 aromatic rings. The number of carbonyl (C=O) groups excluding carboxylic acids is 2. The number of hydrogen-bond acceptors (Lipinski definition) is 5. The second kappa shape index (κ2) is 7.53. The maximum atomic E-state index is 12.9. The van der Waals surface area contributed by atoms with Crippen LogP contribution in [0.3, 0.4) is 0 Å². The fraction of sp³-hybridized carbons (Fsp3) is 0.368. The molecular formula is C19H22N2O4. The molecule has 132 valence electrons. The number of nitrogens with zero attached hydrogens (tertiary/aromatic N) is 2. The highest BCUT2D eigenvalue weighted by Crippen LogP contribution is 2.24. The van der Waals surface area contributed by atoms with E-state index < -0.39 is 5.97 Å². The quantitative estimate of drug-likeness (QED) is 0.782. The average Bonchev–Trinajstić information content (AvgIpc) is 3.10. The molecule has 6 heteroatoms. The van der Waals surface area contributed by atoms with E-state index >= 15 is 0 Å². The van der Waals surface area contributed by atoms with E-state index in [1.54, 1.807) is 12.1 Å². The van der Waals surface area contributed by atoms with E-state index in [-0.39, 0.29) is 17.7 Å². The summed E-state index contributed by atoms with van der Waals surface area (Å²) in [6.45, 7) is 1.19. The molecule has 0 spiro atoms. The summed E-state index contributed by atoms with van der Waals surface area (Å²) >= 11 is 0. The summed E-state index contributed by atoms with van der Waals surface area (Å²) in [6, 6.07) is 12.8. The van der Waals surface area contributed by atoms with Crippen LogP contribution in [0.25, 0.3) is 0 Å². The monoisotopic (exact) mass is 342 g/mol. The molecule has 1 atom stereocenters. The van der Waals surface area contributed by atoms with Crippen LogP contribution in [0.1, 0.15) is 29.2 Å². The van der Waals surface area contributed by atoms with Crippen LogP contribution in [0, 0.1) is 0 Å². The molecule has 1 fully saturated rings. The van der Waals surface area contributed by atoms with Crippen LogP contribution in [-0.2, 0) is 16.1 Å². The summed E-state index contributed by atoms with van der Waals surface area (Å²) in [6.07, 6.45) is 1.75. The van der Waals surface area contributed by atoms with Crippen LogP contribution in [0.4, 0.5) is 5.69 Å². The number of anilines is 1. The number of ether oxygens (including phenoxy) is 1. The van der Waals surface area contributed by atoms with Crippen molar-refractivity contribution in [2.45, 2.75) is 25.4 Å². The number of hydrogen-bond donors (Lipinski definition) is 0. The van der Waals surface area contributed by atoms with Gasteiger partial charge in [-0.15, -0.1) is 0 Å². The Morgan fingerprint density at radius 1 is 1.28 bits per heavy atom. The zero-order valence-electron chi connectivity index (χ0n) is 14.5. The van der Waals surface area contributed by atoms with E-state index in [9.17, 15) is 9.59 Å². The molecule has 0 radical (unpaired) electrons. The molecule has 0 N–H and O–H groups in total. The van der Waals surface area contributed by atoms with Gasteiger partial charge < -0.3 is 14.1 Å². The fourth-order valence-corrected chi connectivity index (χ4v) is 3.16. The molecule has 1 aliphatic heterocycles. The van der Waals surface area contributed by atoms with Gasteiger partial charge in [-0.25, -0.2) is 4.79 Å². The number of rotatable bonds is 5. The smallest absolute Gasteiger partial charge is 0.373 e. The first-order chi connectivity index (χ1) is 12.1. The Bertz CT molecular complexity index is 741. The Balaban J connectivity index is 1.69. The first-order valence-electron chi connectivity index (χ1n) is 8.34. The van der Waals surface area contributed by atoms with Gasteiger partial charge in [-0.3, -0.25) is 9.69 Å². The van der Waals surface area contributed by atoms with Crippen molar-refractivity contribution in [1.29, 1.82) is 0 Å². The molecule has 1 aromatic carbocycles. The van der Waals surface area contributed by atoms with Crippen LogP contribution < -0.4 is 4.90 Å². The number of para-hydroxylation sites is 1. The van der Waals surface area contributed by atoms with Gasteiger partial charge in [0.2, 0.25) is 11.7 Å². The number of esters is 1. The normalized spacial score (nSPS) is 17.8. The Morgan fingerprint density at radius 3 is 2.76 bits per heavy atom. The standard InChI is InChI=1S/C19H22N2O4/c1-20(13-15-10-11-17(25-15)19(23)24-2)16-9-6-12-21(18(16)22)14-7-4-3-5-8-14/h3-5,7-8,10-11,16H,6,9,12-13H2,1-2H3/t16-/m1/s1. The molecule has 0 aliphatic carbocycles. The van der Waals surface area contributed by atoms with Crippen molar-refractivity contribution in [3.05, 3.63) is 54.0 Å². The summed E-state index contributed by atoms with van der Waals surface area (Å²) < 4.78 is 10.1. The van der Waals surface area contributed by atoms with Crippen LogP contribution in [0.2, 0.25) is 0 Å². The lowest BCUT2D eigenvalue weighted by Crippen LogP contribution is -2.51. The van der Waals surface area contributed by atoms with Gasteiger partial charge in [-0.05, 0) is 44.2 Å². The van der Waals surface area contributed by atoms with E-state index in [0.717, 1.165) is 25.1 Å². The lowest BCUT2D eigenvalue weighted by molar-refractivity contribution is -0.125. The van der Waals surface area contributed by atoms with Crippen LogP contribution in [0.15, 0.2) is 46.9 Å². The third-order valence-corrected chi connectivity index (χ3v) is 4.46. The van der Waals surface area contributed by atoms with Crippen molar-refractivity contribution in [2.75, 3.05) is 25.6 Å². The van der Waals surface area contributed by atoms with Crippen molar-refractivity contribution in [3.63, 3.8) is 0 Å². The predicted molar refractivity (Wildman–Crippen MR) is 93.3 cm³/mol. The Morgan fingerprint density at radius 2 is 2.04 bits per heavy atom. The number of piperidine rings is 1. The first kappa shape index (κ1) is 17.2. The third kappa shape index (κ3) is 3.74. The van der Waals surface area contributed by atoms with Crippen molar-refractivity contribution in [2.24, 2.45) is 0 Å². The van der Waals surface area contributed by atoms with Gasteiger partial charge in [0.05, 0.1) is 19.7 Å². The summed E-state index contributed by atoms with van der Waals surface area (Å²) in [5.74, 6) is 0.400. The number of amides is 1. The topological polar surface area (TPSA) is 63.0 Å². The van der Waals surface area contributed by atoms with Gasteiger partial charge in [0.15, 0.2) is 0 Å². The third-order valence-electron chi connectivity index (χ3n) is 4.46. The summed E-state index contributed by atoms with van der Waals surface area (Å²) in [5.41, 5.74) is 0.927. The van der Waals surface area contributed by atoms with E-state index in [1.807, 2.05) is 47.2 Å². The molecule has 1 saturated heterocycles. The van der Waals surface area contributed by atoms with Gasteiger partial charge >= 0.3 is 5.97 Å². The van der Waals surface area contributed by atoms with Crippen LogP contribution >= 0.6 is 0 Å². The highest BCUT2D eigenvalue weighted by Gasteiger charge is 2.32. The maximum absolute atomic E-state index is 12.9. The van der Waals surface area contributed by atoms with E-state index in [0.29, 0.717) is 12.3 Å². The minimum Gasteiger partial charge on any atom is -0.463 e. The van der Waals surface area contributed by atoms with Gasteiger partial charge in [0.1, 0.15) is 5.76 Å². The zero-order chi connectivity index (χ0) is 17.8. The van der Waals surface area contributed by atoms with Gasteiger partial charge in [0.25, 0.3) is 0 Å². The molecule has 1 amide bonds. The van der Waals surface area contributed by atoms with Crippen molar-refractivity contribution in [1.82, 2.24) is 4.90 Å². The SMILES string of the molecule is COC(=O)c1ccc(CN(C)[C@@H]2CCCN(c3ccccc3)C2=O)o1. The summed E-state index contributed by atoms with van der Waals surface area (Å²) in [7, 11) is 3.22. The lowest BCUT2D eigenvalue weighted by atomic mass is 10.0. The molecular weight excluding hydrogens is 320 g/mol. The van der Waals surface area contributed by atoms with Gasteiger partial charge in [0, 0.05) is 12.2 Å². The Hall–Kier alpha value is -2.60. The highest BCUT2D eigenvalue weighted by molar-refractivity contribution is 5.97. The number of benzene rings is 1. The van der Waals surface area contributed by atoms with Crippen molar-refractivity contribution >= 4 is 17.6 Å². The molecule has 3 rings (SSSR count). The van der Waals surface area contributed by atoms with E-state index in [1.165, 1.54) is 7.11 Å². The van der Waals surface area contributed by atoms with Crippen molar-refractivity contribution in [3.8, 4) is 0 Å². The largest absolute Gasteiger partial charge is 0.463 e. The van der Waals surface area contributed by atoms with E-state index in [2.05, 4.69) is 4.74 Å². The average molecular weight is 342 g/mol. The molecule has 1 aromatic heterocycles. The first-order valence-corrected chi connectivity index (χ1v) is 8.34. The molecule has 25 heavy (non-hydrogen) atoms. The van der Waals surface area contributed by atoms with Crippen LogP contribution in [-0.4, -0.2) is 43.5 Å². The molecule has 0 unspecified atom stereocenters. The fourth-order valence-electron chi connectivity index (χ4n) is 3.16. The summed E-state index contributed by atoms with van der Waals surface area (Å²) in [4.78, 5) is 28.2. The zero-order valence-corrected chi connectivity index (χ0v) is 14.5. The van der Waals surface area contributed by atoms with Gasteiger partial charge in [-0.2, -0.15) is 0 Å². The molecule has 0 saturated carbocycles. The molecule has 6 nitrogen and oxygen atoms in total. The van der Waals surface area contributed by atoms with Crippen LogP contribution in [0.5, 0.6) is 0 Å². The predicted octanol–water partition coefficient (Wildman–Crippen LogP) is 2.69. The van der Waals surface area contributed by atoms with Crippen molar-refractivity contribution < 1.29 is 18.7 Å².